The van der Waals surface area contributed by atoms with Crippen molar-refractivity contribution < 1.29 is 39.2 Å². The summed E-state index contributed by atoms with van der Waals surface area (Å²) in [5, 5.41) is 29.3. The molecule has 0 bridgehead atoms. The Balaban J connectivity index is 2.51. The lowest BCUT2D eigenvalue weighted by Gasteiger charge is -2.10. The number of ether oxygens (including phenoxy) is 2. The van der Waals surface area contributed by atoms with Gasteiger partial charge < -0.3 is 29.8 Å². The van der Waals surface area contributed by atoms with Gasteiger partial charge in [0.25, 0.3) is 12.9 Å². The van der Waals surface area contributed by atoms with Gasteiger partial charge in [-0.25, -0.2) is 9.78 Å². The molecule has 0 aliphatic rings. The summed E-state index contributed by atoms with van der Waals surface area (Å²) in [5.74, 6) is -3.08. The molecule has 2 heterocycles. The molecular weight excluding hydrogens is 324 g/mol. The van der Waals surface area contributed by atoms with Gasteiger partial charge in [0.15, 0.2) is 11.5 Å². The second kappa shape index (κ2) is 5.43. The molecule has 0 saturated heterocycles. The van der Waals surface area contributed by atoms with E-state index >= 15 is 0 Å². The topological polar surface area (TPSA) is 159 Å². The van der Waals surface area contributed by atoms with Crippen molar-refractivity contribution in [2.45, 2.75) is 0 Å². The SMILES string of the molecule is O=COc1cc(OC=O)c2c(n1)c(O)c(O)c1cc(C(=O)O)[nH]c12. The summed E-state index contributed by atoms with van der Waals surface area (Å²) in [5.41, 5.74) is -0.452. The zero-order valence-electron chi connectivity index (χ0n) is 11.6. The summed E-state index contributed by atoms with van der Waals surface area (Å²) >= 11 is 0. The molecule has 0 amide bonds. The lowest BCUT2D eigenvalue weighted by atomic mass is 10.1. The molecule has 3 rings (SSSR count). The number of carbonyl (C=O) groups excluding carboxylic acids is 2. The summed E-state index contributed by atoms with van der Waals surface area (Å²) in [7, 11) is 0. The number of fused-ring (bicyclic) bond motifs is 3. The van der Waals surface area contributed by atoms with Crippen LogP contribution in [0.3, 0.4) is 0 Å². The third-order valence-electron chi connectivity index (χ3n) is 3.31. The number of aromatic amines is 1. The zero-order chi connectivity index (χ0) is 17.4. The molecule has 10 heteroatoms. The highest BCUT2D eigenvalue weighted by Crippen LogP contribution is 2.45. The summed E-state index contributed by atoms with van der Waals surface area (Å²) in [4.78, 5) is 38.7. The number of phenols is 2. The van der Waals surface area contributed by atoms with Crippen LogP contribution in [0.4, 0.5) is 0 Å². The van der Waals surface area contributed by atoms with Crippen molar-refractivity contribution in [2.75, 3.05) is 0 Å². The second-order valence-corrected chi connectivity index (χ2v) is 4.58. The average molecular weight is 332 g/mol. The fourth-order valence-electron chi connectivity index (χ4n) is 2.36. The van der Waals surface area contributed by atoms with Crippen LogP contribution in [0.15, 0.2) is 12.1 Å². The number of benzene rings is 1. The normalized spacial score (nSPS) is 10.7. The molecule has 4 N–H and O–H groups in total. The highest BCUT2D eigenvalue weighted by atomic mass is 16.5. The molecule has 0 radical (unpaired) electrons. The predicted octanol–water partition coefficient (Wildman–Crippen LogP) is 0.896. The van der Waals surface area contributed by atoms with Crippen molar-refractivity contribution in [3.63, 3.8) is 0 Å². The van der Waals surface area contributed by atoms with Crippen LogP contribution in [0.25, 0.3) is 21.8 Å². The minimum atomic E-state index is -1.30. The number of aromatic nitrogens is 2. The molecule has 0 spiro atoms. The Morgan fingerprint density at radius 2 is 1.83 bits per heavy atom. The molecule has 0 aliphatic carbocycles. The van der Waals surface area contributed by atoms with Gasteiger partial charge in [-0.1, -0.05) is 0 Å². The molecule has 0 fully saturated rings. The van der Waals surface area contributed by atoms with Gasteiger partial charge in [0, 0.05) is 11.5 Å². The number of nitrogens with zero attached hydrogens (tertiary/aromatic N) is 1. The van der Waals surface area contributed by atoms with Crippen LogP contribution in [0.1, 0.15) is 10.5 Å². The van der Waals surface area contributed by atoms with Crippen LogP contribution in [-0.2, 0) is 9.59 Å². The Bertz CT molecular complexity index is 1010. The highest BCUT2D eigenvalue weighted by Gasteiger charge is 2.22. The number of hydrogen-bond donors (Lipinski definition) is 4. The summed E-state index contributed by atoms with van der Waals surface area (Å²) in [6.07, 6.45) is 0. The fraction of sp³-hybridized carbons (Fsp3) is 0. The lowest BCUT2D eigenvalue weighted by Crippen LogP contribution is -1.98. The van der Waals surface area contributed by atoms with Crippen molar-refractivity contribution in [1.29, 1.82) is 0 Å². The van der Waals surface area contributed by atoms with E-state index in [1.54, 1.807) is 0 Å². The van der Waals surface area contributed by atoms with Crippen LogP contribution in [-0.4, -0.2) is 44.2 Å². The third kappa shape index (κ3) is 2.13. The number of nitrogens with one attached hydrogen (secondary N) is 1. The third-order valence-corrected chi connectivity index (χ3v) is 3.31. The zero-order valence-corrected chi connectivity index (χ0v) is 11.6. The van der Waals surface area contributed by atoms with E-state index in [-0.39, 0.29) is 52.1 Å². The van der Waals surface area contributed by atoms with Crippen LogP contribution < -0.4 is 9.47 Å². The quantitative estimate of drug-likeness (QED) is 0.393. The van der Waals surface area contributed by atoms with Crippen molar-refractivity contribution in [3.8, 4) is 23.1 Å². The second-order valence-electron chi connectivity index (χ2n) is 4.58. The number of carbonyl (C=O) groups is 3. The molecule has 0 atom stereocenters. The number of aromatic hydroxyl groups is 2. The summed E-state index contributed by atoms with van der Waals surface area (Å²) in [6, 6.07) is 2.20. The van der Waals surface area contributed by atoms with Crippen molar-refractivity contribution >= 4 is 40.7 Å². The first-order chi connectivity index (χ1) is 11.5. The van der Waals surface area contributed by atoms with Gasteiger partial charge in [0.05, 0.1) is 10.9 Å². The number of H-pyrrole nitrogens is 1. The number of phenolic OH excluding ortho intramolecular Hbond substituents is 2. The standard InChI is InChI=1S/C14H8N2O8/c17-3-23-7-2-8(24-4-18)16-11-9(7)10-5(12(19)13(11)20)1-6(15-10)14(21)22/h1-4,15,19-20H,(H,21,22). The molecule has 24 heavy (non-hydrogen) atoms. The average Bonchev–Trinajstić information content (AvgIpc) is 2.98. The fourth-order valence-corrected chi connectivity index (χ4v) is 2.36. The molecule has 0 saturated carbocycles. The van der Waals surface area contributed by atoms with Gasteiger partial charge in [-0.3, -0.25) is 9.59 Å². The number of pyridine rings is 1. The molecule has 122 valence electrons. The smallest absolute Gasteiger partial charge is 0.352 e. The molecule has 1 aromatic carbocycles. The van der Waals surface area contributed by atoms with Crippen molar-refractivity contribution in [2.24, 2.45) is 0 Å². The monoisotopic (exact) mass is 332 g/mol. The number of carboxylic acids is 1. The maximum absolute atomic E-state index is 11.1. The van der Waals surface area contributed by atoms with Gasteiger partial charge >= 0.3 is 5.97 Å². The first-order valence-corrected chi connectivity index (χ1v) is 6.33. The van der Waals surface area contributed by atoms with E-state index in [0.29, 0.717) is 0 Å². The van der Waals surface area contributed by atoms with Gasteiger partial charge in [-0.05, 0) is 6.07 Å². The number of hydrogen-bond acceptors (Lipinski definition) is 8. The lowest BCUT2D eigenvalue weighted by molar-refractivity contribution is -0.121. The maximum atomic E-state index is 11.1. The molecule has 2 aromatic heterocycles. The molecule has 0 aliphatic heterocycles. The van der Waals surface area contributed by atoms with E-state index in [9.17, 15) is 24.6 Å². The van der Waals surface area contributed by atoms with E-state index < -0.39 is 17.5 Å². The Labute approximate surface area is 131 Å². The van der Waals surface area contributed by atoms with E-state index in [1.807, 2.05) is 0 Å². The van der Waals surface area contributed by atoms with E-state index in [0.717, 1.165) is 12.1 Å². The van der Waals surface area contributed by atoms with E-state index in [1.165, 1.54) is 0 Å². The molecule has 10 nitrogen and oxygen atoms in total. The minimum Gasteiger partial charge on any atom is -0.504 e. The first kappa shape index (κ1) is 15.1. The van der Waals surface area contributed by atoms with Crippen LogP contribution in [0, 0.1) is 0 Å². The summed E-state index contributed by atoms with van der Waals surface area (Å²) in [6.45, 7) is 0.168. The van der Waals surface area contributed by atoms with Crippen LogP contribution in [0.5, 0.6) is 23.1 Å². The van der Waals surface area contributed by atoms with E-state index in [4.69, 9.17) is 9.84 Å². The van der Waals surface area contributed by atoms with Crippen LogP contribution in [0.2, 0.25) is 0 Å². The van der Waals surface area contributed by atoms with Crippen molar-refractivity contribution in [1.82, 2.24) is 9.97 Å². The highest BCUT2D eigenvalue weighted by molar-refractivity contribution is 6.15. The number of aromatic carboxylic acids is 1. The molecule has 0 unspecified atom stereocenters. The molecule has 3 aromatic rings. The minimum absolute atomic E-state index is 0.0148. The predicted molar refractivity (Wildman–Crippen MR) is 77.3 cm³/mol. The van der Waals surface area contributed by atoms with Gasteiger partial charge in [-0.2, -0.15) is 0 Å². The maximum Gasteiger partial charge on any atom is 0.352 e. The van der Waals surface area contributed by atoms with Gasteiger partial charge in [0.1, 0.15) is 17.0 Å². The first-order valence-electron chi connectivity index (χ1n) is 6.33. The van der Waals surface area contributed by atoms with Gasteiger partial charge in [0.2, 0.25) is 5.88 Å². The summed E-state index contributed by atoms with van der Waals surface area (Å²) < 4.78 is 9.37. The Morgan fingerprint density at radius 3 is 2.46 bits per heavy atom. The Hall–Kier alpha value is -3.82. The number of rotatable bonds is 5. The van der Waals surface area contributed by atoms with Crippen molar-refractivity contribution in [3.05, 3.63) is 17.8 Å². The Kier molecular flexibility index (Phi) is 3.41. The van der Waals surface area contributed by atoms with Gasteiger partial charge in [-0.15, -0.1) is 0 Å². The van der Waals surface area contributed by atoms with Crippen LogP contribution >= 0.6 is 0 Å². The molecular formula is C14H8N2O8. The number of carboxylic acid groups (broad SMARTS) is 1. The van der Waals surface area contributed by atoms with E-state index in [2.05, 4.69) is 14.7 Å². The Morgan fingerprint density at radius 1 is 1.12 bits per heavy atom. The largest absolute Gasteiger partial charge is 0.504 e.